The van der Waals surface area contributed by atoms with Crippen molar-refractivity contribution in [3.05, 3.63) is 94.7 Å². The third kappa shape index (κ3) is 12.1. The lowest BCUT2D eigenvalue weighted by Crippen LogP contribution is -2.53. The molecule has 1 fully saturated rings. The quantitative estimate of drug-likeness (QED) is 0.0776. The SMILES string of the molecule is CCN(CC)c1ccc(C2(c3c(C)n(CC)c4ccccc34)OC(=O)c3ccccc32)c(OCC(=O)NCC2OC(CC(C)(C)C(C)(C)C(O)CC(C)(C)C(C)(C)C(CC(C)(C)C)OC(C)=O)CC(C(C)(C)C)O2)c1. The summed E-state index contributed by atoms with van der Waals surface area (Å²) in [6, 6.07) is 21.7. The molecule has 0 radical (unpaired) electrons. The van der Waals surface area contributed by atoms with Crippen LogP contribution in [0.25, 0.3) is 10.9 Å². The Morgan fingerprint density at radius 1 is 0.827 bits per heavy atom. The van der Waals surface area contributed by atoms with Crippen molar-refractivity contribution in [2.75, 3.05) is 31.1 Å². The molecule has 6 unspecified atom stereocenters. The van der Waals surface area contributed by atoms with E-state index in [-0.39, 0.29) is 54.2 Å². The van der Waals surface area contributed by atoms with Gasteiger partial charge >= 0.3 is 11.9 Å². The second kappa shape index (κ2) is 22.2. The van der Waals surface area contributed by atoms with E-state index < -0.39 is 45.6 Å². The molecule has 0 saturated carbocycles. The maximum atomic E-state index is 14.1. The van der Waals surface area contributed by atoms with Gasteiger partial charge in [0.05, 0.1) is 30.4 Å². The summed E-state index contributed by atoms with van der Waals surface area (Å²) in [5, 5.41) is 16.4. The molecular weight excluding hydrogens is 943 g/mol. The first kappa shape index (κ1) is 59.3. The standard InChI is InChI=1S/C63H93N3O9/c1-20-65(21-2)42-31-32-47(63(46-29-25-23-27-44(46)56(70)75-63)55-40(4)66(22-3)48-30-26-24-28-45(48)55)49(33-42)71-39-53(69)64-38-54-73-43(34-51(74-54)58(9,10)11)35-59(12,13)61(16,17)50(68)36-60(14,15)62(18,19)52(72-41(5)67)37-57(6,7)8/h23-33,43,50-52,54,68H,20-22,34-39H2,1-19H3,(H,64,69). The fourth-order valence-corrected chi connectivity index (χ4v) is 11.6. The lowest BCUT2D eigenvalue weighted by Gasteiger charge is -2.53. The molecule has 6 rings (SSSR count). The highest BCUT2D eigenvalue weighted by atomic mass is 16.7. The Labute approximate surface area is 449 Å². The van der Waals surface area contributed by atoms with Crippen LogP contribution in [0.2, 0.25) is 0 Å². The van der Waals surface area contributed by atoms with E-state index in [0.717, 1.165) is 40.9 Å². The summed E-state index contributed by atoms with van der Waals surface area (Å²) in [5.41, 5.74) is 2.07. The number of hydrogen-bond acceptors (Lipinski definition) is 10. The molecular formula is C63H93N3O9. The highest BCUT2D eigenvalue weighted by Gasteiger charge is 2.54. The van der Waals surface area contributed by atoms with Gasteiger partial charge in [-0.2, -0.15) is 0 Å². The number of aryl methyl sites for hydroxylation is 1. The molecule has 3 heterocycles. The third-order valence-corrected chi connectivity index (χ3v) is 17.7. The zero-order chi connectivity index (χ0) is 55.9. The number of carbonyl (C=O) groups is 3. The van der Waals surface area contributed by atoms with Gasteiger partial charge in [0.25, 0.3) is 5.91 Å². The minimum Gasteiger partial charge on any atom is -0.483 e. The number of fused-ring (bicyclic) bond motifs is 2. The second-order valence-corrected chi connectivity index (χ2v) is 26.2. The second-order valence-electron chi connectivity index (χ2n) is 26.2. The molecule has 0 bridgehead atoms. The minimum atomic E-state index is -1.39. The van der Waals surface area contributed by atoms with Gasteiger partial charge < -0.3 is 43.6 Å². The predicted octanol–water partition coefficient (Wildman–Crippen LogP) is 12.9. The van der Waals surface area contributed by atoms with Crippen LogP contribution in [0.15, 0.2) is 66.7 Å². The summed E-state index contributed by atoms with van der Waals surface area (Å²) >= 11 is 0. The van der Waals surface area contributed by atoms with Gasteiger partial charge in [0, 0.05) is 83.4 Å². The van der Waals surface area contributed by atoms with Gasteiger partial charge in [-0.3, -0.25) is 9.59 Å². The highest BCUT2D eigenvalue weighted by Crippen LogP contribution is 2.56. The Balaban J connectivity index is 1.24. The Morgan fingerprint density at radius 3 is 2.08 bits per heavy atom. The van der Waals surface area contributed by atoms with Gasteiger partial charge in [0.2, 0.25) is 0 Å². The van der Waals surface area contributed by atoms with Gasteiger partial charge in [0.15, 0.2) is 18.5 Å². The maximum absolute atomic E-state index is 14.1. The van der Waals surface area contributed by atoms with E-state index in [2.05, 4.69) is 152 Å². The van der Waals surface area contributed by atoms with Crippen LogP contribution < -0.4 is 15.0 Å². The fraction of sp³-hybridized carbons (Fsp3) is 0.635. The van der Waals surface area contributed by atoms with Gasteiger partial charge in [-0.25, -0.2) is 4.79 Å². The first-order valence-corrected chi connectivity index (χ1v) is 27.6. The molecule has 3 aromatic carbocycles. The van der Waals surface area contributed by atoms with Crippen molar-refractivity contribution in [2.24, 2.45) is 32.5 Å². The number of esters is 2. The molecule has 75 heavy (non-hydrogen) atoms. The summed E-state index contributed by atoms with van der Waals surface area (Å²) in [5.74, 6) is -0.656. The molecule has 1 amide bonds. The number of aromatic nitrogens is 1. The van der Waals surface area contributed by atoms with Crippen LogP contribution in [0, 0.1) is 39.4 Å². The molecule has 6 atom stereocenters. The van der Waals surface area contributed by atoms with Gasteiger partial charge in [-0.15, -0.1) is 0 Å². The Bertz CT molecular complexity index is 2660. The van der Waals surface area contributed by atoms with Crippen LogP contribution in [0.5, 0.6) is 5.75 Å². The molecule has 0 spiro atoms. The number of amides is 1. The number of nitrogens with zero attached hydrogens (tertiary/aromatic N) is 2. The zero-order valence-electron chi connectivity index (χ0n) is 49.2. The molecule has 1 saturated heterocycles. The van der Waals surface area contributed by atoms with Crippen LogP contribution in [0.1, 0.15) is 183 Å². The Kier molecular flexibility index (Phi) is 17.6. The van der Waals surface area contributed by atoms with E-state index in [1.54, 1.807) is 0 Å². The van der Waals surface area contributed by atoms with Crippen molar-refractivity contribution in [1.82, 2.24) is 9.88 Å². The van der Waals surface area contributed by atoms with Gasteiger partial charge in [0.1, 0.15) is 11.9 Å². The number of benzene rings is 3. The maximum Gasteiger partial charge on any atom is 0.340 e. The van der Waals surface area contributed by atoms with E-state index in [0.29, 0.717) is 54.7 Å². The van der Waals surface area contributed by atoms with Crippen LogP contribution in [0.3, 0.4) is 0 Å². The fourth-order valence-electron chi connectivity index (χ4n) is 11.6. The average molecular weight is 1040 g/mol. The van der Waals surface area contributed by atoms with Crippen LogP contribution in [-0.2, 0) is 40.7 Å². The molecule has 1 aromatic heterocycles. The monoisotopic (exact) mass is 1040 g/mol. The minimum absolute atomic E-state index is 0.0671. The number of anilines is 1. The van der Waals surface area contributed by atoms with Crippen molar-refractivity contribution >= 4 is 34.4 Å². The normalized spacial score (nSPS) is 20.6. The molecule has 2 N–H and O–H groups in total. The van der Waals surface area contributed by atoms with Crippen molar-refractivity contribution in [1.29, 1.82) is 0 Å². The molecule has 0 aliphatic carbocycles. The molecule has 414 valence electrons. The predicted molar refractivity (Wildman–Crippen MR) is 300 cm³/mol. The third-order valence-electron chi connectivity index (χ3n) is 17.7. The van der Waals surface area contributed by atoms with Gasteiger partial charge in [-0.05, 0) is 98.3 Å². The smallest absolute Gasteiger partial charge is 0.340 e. The number of ether oxygens (including phenoxy) is 5. The summed E-state index contributed by atoms with van der Waals surface area (Å²) < 4.78 is 35.1. The topological polar surface area (TPSA) is 138 Å². The van der Waals surface area contributed by atoms with Crippen LogP contribution >= 0.6 is 0 Å². The first-order chi connectivity index (χ1) is 34.8. The van der Waals surface area contributed by atoms with E-state index in [9.17, 15) is 19.5 Å². The number of rotatable bonds is 21. The Morgan fingerprint density at radius 2 is 1.47 bits per heavy atom. The van der Waals surface area contributed by atoms with E-state index in [1.165, 1.54) is 6.92 Å². The number of para-hydroxylation sites is 1. The number of aliphatic hydroxyl groups excluding tert-OH is 1. The molecule has 12 nitrogen and oxygen atoms in total. The molecule has 12 heteroatoms. The van der Waals surface area contributed by atoms with Crippen LogP contribution in [-0.4, -0.2) is 84.5 Å². The first-order valence-electron chi connectivity index (χ1n) is 27.6. The number of nitrogens with one attached hydrogen (secondary N) is 1. The zero-order valence-corrected chi connectivity index (χ0v) is 49.2. The van der Waals surface area contributed by atoms with Crippen molar-refractivity contribution < 1.29 is 43.2 Å². The van der Waals surface area contributed by atoms with E-state index in [1.807, 2.05) is 54.6 Å². The highest BCUT2D eigenvalue weighted by molar-refractivity contribution is 5.99. The number of carbonyl (C=O) groups excluding carboxylic acids is 3. The van der Waals surface area contributed by atoms with Crippen LogP contribution in [0.4, 0.5) is 5.69 Å². The van der Waals surface area contributed by atoms with Gasteiger partial charge in [-0.1, -0.05) is 133 Å². The molecule has 2 aliphatic heterocycles. The lowest BCUT2D eigenvalue weighted by atomic mass is 9.55. The number of hydrogen-bond donors (Lipinski definition) is 2. The summed E-state index contributed by atoms with van der Waals surface area (Å²) in [4.78, 5) is 42.8. The van der Waals surface area contributed by atoms with E-state index in [4.69, 9.17) is 23.7 Å². The summed E-state index contributed by atoms with van der Waals surface area (Å²) in [7, 11) is 0. The van der Waals surface area contributed by atoms with Crippen molar-refractivity contribution in [3.8, 4) is 5.75 Å². The molecule has 2 aliphatic rings. The number of aliphatic hydroxyl groups is 1. The van der Waals surface area contributed by atoms with E-state index >= 15 is 0 Å². The summed E-state index contributed by atoms with van der Waals surface area (Å²) in [6.45, 7) is 42.2. The van der Waals surface area contributed by atoms with Crippen molar-refractivity contribution in [3.63, 3.8) is 0 Å². The lowest BCUT2D eigenvalue weighted by molar-refractivity contribution is -0.266. The molecule has 4 aromatic rings. The average Bonchev–Trinajstić information content (AvgIpc) is 3.78. The van der Waals surface area contributed by atoms with Crippen molar-refractivity contribution in [2.45, 2.75) is 200 Å². The Hall–Kier alpha value is -4.91. The number of cyclic esters (lactones) is 1. The summed E-state index contributed by atoms with van der Waals surface area (Å²) in [6.07, 6.45) is 0.335. The largest absolute Gasteiger partial charge is 0.483 e.